The average Bonchev–Trinajstić information content (AvgIpc) is 4.02. The van der Waals surface area contributed by atoms with E-state index in [1.54, 1.807) is 55.2 Å². The van der Waals surface area contributed by atoms with Crippen molar-refractivity contribution in [1.82, 2.24) is 24.6 Å². The molecule has 350 valence electrons. The van der Waals surface area contributed by atoms with E-state index in [4.69, 9.17) is 34.1 Å². The van der Waals surface area contributed by atoms with Gasteiger partial charge in [-0.3, -0.25) is 24.5 Å². The van der Waals surface area contributed by atoms with Gasteiger partial charge in [0, 0.05) is 6.54 Å². The molecule has 2 unspecified atom stereocenters. The van der Waals surface area contributed by atoms with Crippen molar-refractivity contribution < 1.29 is 43.2 Å². The molecule has 68 heavy (non-hydrogen) atoms. The normalized spacial score (nSPS) is 19.0. The van der Waals surface area contributed by atoms with Crippen molar-refractivity contribution >= 4 is 37.3 Å². The van der Waals surface area contributed by atoms with E-state index in [2.05, 4.69) is 22.2 Å². The number of aromatic nitrogens is 4. The van der Waals surface area contributed by atoms with Crippen molar-refractivity contribution in [1.29, 1.82) is 0 Å². The minimum atomic E-state index is -2.68. The number of unbranched alkanes of at least 4 members (excludes halogenated alkanes) is 2. The number of aliphatic hydroxyl groups excluding tert-OH is 1. The second-order valence-electron chi connectivity index (χ2n) is 16.6. The van der Waals surface area contributed by atoms with Gasteiger partial charge in [-0.1, -0.05) is 117 Å². The second kappa shape index (κ2) is 20.3. The van der Waals surface area contributed by atoms with Gasteiger partial charge in [-0.05, 0) is 71.0 Å². The van der Waals surface area contributed by atoms with Gasteiger partial charge < -0.3 is 34.1 Å². The molecular formula is C51H52N7O9P. The maximum atomic E-state index is 14.5. The number of hydrogen-bond donors (Lipinski definition) is 4. The molecule has 2 aliphatic heterocycles. The van der Waals surface area contributed by atoms with Crippen molar-refractivity contribution in [3.8, 4) is 11.5 Å². The van der Waals surface area contributed by atoms with Crippen molar-refractivity contribution in [3.63, 3.8) is 0 Å². The standard InChI is InChI=1S/C51H52N7O9P/c1-4-5-8-16-33-17-13-20-39-40(33)49(61)58(48(39)60)66-44-42(59)43(65-50(44)57-31-56-41-46(54-30-55-47(41)57)53-29-32-14-9-6-10-15-32)45(67-68(52)62)51(34-18-11-7-12-19-34,35-21-25-37(63-2)26-22-35)36-23-27-38(64-3)28-24-36/h6-7,9-15,17-28,30-31,42-45,50,59,62H,4-5,8,16,29,52H2,1-3H3,(H,53,54,55)/t42-,43+,44-,45?,50-,68?/m1/s1. The van der Waals surface area contributed by atoms with E-state index in [1.165, 1.54) is 12.7 Å². The highest BCUT2D eigenvalue weighted by atomic mass is 31.2. The highest BCUT2D eigenvalue weighted by Crippen LogP contribution is 2.52. The zero-order valence-electron chi connectivity index (χ0n) is 37.7. The number of ether oxygens (including phenoxy) is 3. The van der Waals surface area contributed by atoms with Crippen LogP contribution in [0.15, 0.2) is 140 Å². The van der Waals surface area contributed by atoms with Gasteiger partial charge >= 0.3 is 0 Å². The topological polar surface area (TPSA) is 206 Å². The molecule has 1 fully saturated rings. The molecule has 2 aliphatic rings. The van der Waals surface area contributed by atoms with Crippen molar-refractivity contribution in [2.24, 2.45) is 5.50 Å². The largest absolute Gasteiger partial charge is 0.497 e. The first-order chi connectivity index (χ1) is 33.2. The molecule has 2 aromatic heterocycles. The quantitative estimate of drug-likeness (QED) is 0.0266. The fourth-order valence-electron chi connectivity index (χ4n) is 9.44. The lowest BCUT2D eigenvalue weighted by Gasteiger charge is -2.45. The summed E-state index contributed by atoms with van der Waals surface area (Å²) in [6, 6.07) is 39.1. The summed E-state index contributed by atoms with van der Waals surface area (Å²) in [5.74, 6) is 0.236. The smallest absolute Gasteiger partial charge is 0.286 e. The number of nitrogens with two attached hydrogens (primary N) is 1. The van der Waals surface area contributed by atoms with Crippen LogP contribution in [0.2, 0.25) is 0 Å². The van der Waals surface area contributed by atoms with Gasteiger partial charge in [0.2, 0.25) is 0 Å². The Hall–Kier alpha value is -6.62. The average molecular weight is 938 g/mol. The van der Waals surface area contributed by atoms with Crippen molar-refractivity contribution in [3.05, 3.63) is 179 Å². The fourth-order valence-corrected chi connectivity index (χ4v) is 9.95. The third-order valence-electron chi connectivity index (χ3n) is 12.7. The molecule has 0 radical (unpaired) electrons. The summed E-state index contributed by atoms with van der Waals surface area (Å²) >= 11 is 0. The number of hydrogen-bond acceptors (Lipinski definition) is 14. The van der Waals surface area contributed by atoms with Crippen molar-refractivity contribution in [2.45, 2.75) is 75.2 Å². The molecule has 4 heterocycles. The molecule has 17 heteroatoms. The lowest BCUT2D eigenvalue weighted by molar-refractivity contribution is -0.177. The van der Waals surface area contributed by atoms with Gasteiger partial charge in [0.25, 0.3) is 20.3 Å². The highest BCUT2D eigenvalue weighted by molar-refractivity contribution is 7.43. The van der Waals surface area contributed by atoms with Crippen molar-refractivity contribution in [2.75, 3.05) is 19.5 Å². The van der Waals surface area contributed by atoms with Crippen LogP contribution >= 0.6 is 8.53 Å². The highest BCUT2D eigenvalue weighted by Gasteiger charge is 2.59. The number of carbonyl (C=O) groups is 2. The molecule has 1 saturated heterocycles. The summed E-state index contributed by atoms with van der Waals surface area (Å²) in [6.07, 6.45) is -1.12. The fraction of sp³-hybridized carbons (Fsp3) is 0.275. The number of imide groups is 1. The predicted octanol–water partition coefficient (Wildman–Crippen LogP) is 7.64. The minimum Gasteiger partial charge on any atom is -0.497 e. The molecule has 2 amide bonds. The molecule has 16 nitrogen and oxygen atoms in total. The van der Waals surface area contributed by atoms with Gasteiger partial charge in [-0.15, -0.1) is 5.06 Å². The Balaban J connectivity index is 1.20. The molecule has 9 rings (SSSR count). The number of methoxy groups -OCH3 is 2. The molecule has 0 aliphatic carbocycles. The first-order valence-corrected chi connectivity index (χ1v) is 23.7. The third kappa shape index (κ3) is 8.72. The number of carbonyl (C=O) groups excluding carboxylic acids is 2. The first-order valence-electron chi connectivity index (χ1n) is 22.4. The van der Waals surface area contributed by atoms with E-state index in [1.807, 2.05) is 91.0 Å². The Bertz CT molecular complexity index is 2810. The monoisotopic (exact) mass is 937 g/mol. The van der Waals surface area contributed by atoms with Gasteiger partial charge in [0.05, 0.1) is 37.1 Å². The molecule has 0 saturated carbocycles. The number of rotatable bonds is 19. The number of anilines is 1. The van der Waals surface area contributed by atoms with Crippen LogP contribution in [0.1, 0.15) is 80.9 Å². The molecule has 0 bridgehead atoms. The van der Waals surface area contributed by atoms with Crippen LogP contribution in [-0.2, 0) is 32.5 Å². The summed E-state index contributed by atoms with van der Waals surface area (Å²) in [6.45, 7) is 2.53. The third-order valence-corrected chi connectivity index (χ3v) is 13.1. The van der Waals surface area contributed by atoms with E-state index in [-0.39, 0.29) is 11.1 Å². The number of hydroxylamine groups is 2. The van der Waals surface area contributed by atoms with E-state index in [0.29, 0.717) is 63.2 Å². The summed E-state index contributed by atoms with van der Waals surface area (Å²) in [5, 5.41) is 17.1. The van der Waals surface area contributed by atoms with Crippen LogP contribution in [0, 0.1) is 0 Å². The van der Waals surface area contributed by atoms with Crippen LogP contribution in [0.4, 0.5) is 5.82 Å². The Morgan fingerprint density at radius 3 is 2.09 bits per heavy atom. The molecule has 0 spiro atoms. The Morgan fingerprint density at radius 1 is 0.809 bits per heavy atom. The van der Waals surface area contributed by atoms with E-state index < -0.39 is 56.4 Å². The zero-order chi connectivity index (χ0) is 47.4. The molecule has 5 N–H and O–H groups in total. The first kappa shape index (κ1) is 46.5. The summed E-state index contributed by atoms with van der Waals surface area (Å²) in [7, 11) is 0.463. The van der Waals surface area contributed by atoms with Crippen LogP contribution in [0.25, 0.3) is 11.2 Å². The summed E-state index contributed by atoms with van der Waals surface area (Å²) < 4.78 is 26.4. The summed E-state index contributed by atoms with van der Waals surface area (Å²) in [5.41, 5.74) is 9.70. The lowest BCUT2D eigenvalue weighted by Crippen LogP contribution is -2.54. The maximum Gasteiger partial charge on any atom is 0.286 e. The van der Waals surface area contributed by atoms with Gasteiger partial charge in [-0.2, -0.15) is 0 Å². The predicted molar refractivity (Wildman–Crippen MR) is 255 cm³/mol. The number of aryl methyl sites for hydroxylation is 1. The van der Waals surface area contributed by atoms with E-state index in [0.717, 1.165) is 30.4 Å². The molecule has 6 atom stereocenters. The number of benzene rings is 5. The Labute approximate surface area is 394 Å². The molecule has 5 aromatic carbocycles. The molecular weight excluding hydrogens is 886 g/mol. The van der Waals surface area contributed by atoms with Crippen LogP contribution in [-0.4, -0.2) is 85.0 Å². The Morgan fingerprint density at radius 2 is 1.46 bits per heavy atom. The van der Waals surface area contributed by atoms with Gasteiger partial charge in [0.15, 0.2) is 29.3 Å². The van der Waals surface area contributed by atoms with Gasteiger partial charge in [0.1, 0.15) is 36.1 Å². The van der Waals surface area contributed by atoms with Crippen LogP contribution in [0.3, 0.4) is 0 Å². The Kier molecular flexibility index (Phi) is 13.9. The zero-order valence-corrected chi connectivity index (χ0v) is 38.6. The number of aliphatic hydroxyl groups is 1. The van der Waals surface area contributed by atoms with Crippen LogP contribution in [0.5, 0.6) is 11.5 Å². The lowest BCUT2D eigenvalue weighted by atomic mass is 9.64. The van der Waals surface area contributed by atoms with E-state index >= 15 is 0 Å². The number of amides is 2. The van der Waals surface area contributed by atoms with E-state index in [9.17, 15) is 19.6 Å². The maximum absolute atomic E-state index is 14.5. The summed E-state index contributed by atoms with van der Waals surface area (Å²) in [4.78, 5) is 60.4. The SMILES string of the molecule is CCCCCc1cccc2c1C(=O)N(O[C@@H]1[C@H](O)[C@@H](C(OP(N)O)C(c3ccccc3)(c3ccc(OC)cc3)c3ccc(OC)cc3)O[C@H]1n1cnc3c(NCc4ccccc4)ncnc31)C2=O. The molecule has 7 aromatic rings. The van der Waals surface area contributed by atoms with Gasteiger partial charge in [-0.25, -0.2) is 15.0 Å². The number of nitrogens with one attached hydrogen (secondary N) is 1. The second-order valence-corrected chi connectivity index (χ2v) is 17.4. The number of imidazole rings is 1. The minimum absolute atomic E-state index is 0.192. The number of nitrogens with zero attached hydrogens (tertiary/aromatic N) is 5. The van der Waals surface area contributed by atoms with Crippen LogP contribution < -0.4 is 20.3 Å². The number of fused-ring (bicyclic) bond motifs is 2.